The lowest BCUT2D eigenvalue weighted by Crippen LogP contribution is -2.09. The number of halogens is 3. The van der Waals surface area contributed by atoms with Crippen LogP contribution >= 0.6 is 11.6 Å². The summed E-state index contributed by atoms with van der Waals surface area (Å²) in [5.41, 5.74) is 8.10. The second-order valence-corrected chi connectivity index (χ2v) is 8.02. The predicted molar refractivity (Wildman–Crippen MR) is 95.5 cm³/mol. The number of aromatic nitrogens is 3. The van der Waals surface area contributed by atoms with Crippen molar-refractivity contribution in [3.63, 3.8) is 0 Å². The minimum absolute atomic E-state index is 0.0672. The molecule has 5 nitrogen and oxygen atoms in total. The standard InChI is InChI=1S/C18H21ClF2N4O/c1-8(2)25-14(16-11-4-10(19)5-12(11)16)6-13(24-25)9-3-15(26-18(20)21)17(22)23-7-9/h3,6-8,10-12,16,18H,4-5H2,1-2H3,(H2,22,23)/t10-,11-,12+,16+. The van der Waals surface area contributed by atoms with E-state index in [1.165, 1.54) is 18.0 Å². The molecule has 2 aromatic heterocycles. The van der Waals surface area contributed by atoms with Gasteiger partial charge in [0.15, 0.2) is 11.6 Å². The summed E-state index contributed by atoms with van der Waals surface area (Å²) in [7, 11) is 0. The molecule has 0 bridgehead atoms. The molecule has 8 heteroatoms. The van der Waals surface area contributed by atoms with Crippen molar-refractivity contribution in [1.29, 1.82) is 0 Å². The van der Waals surface area contributed by atoms with Gasteiger partial charge in [-0.15, -0.1) is 11.6 Å². The molecule has 0 radical (unpaired) electrons. The number of rotatable bonds is 5. The van der Waals surface area contributed by atoms with E-state index >= 15 is 0 Å². The SMILES string of the molecule is CC(C)n1nc(-c2cnc(N)c(OC(F)F)c2)cc1[C@H]1[C@@H]2C[C@@H](Cl)C[C@@H]21. The summed E-state index contributed by atoms with van der Waals surface area (Å²) in [4.78, 5) is 3.97. The van der Waals surface area contributed by atoms with Crippen molar-refractivity contribution >= 4 is 17.4 Å². The van der Waals surface area contributed by atoms with Gasteiger partial charge in [0, 0.05) is 34.8 Å². The Labute approximate surface area is 155 Å². The molecule has 0 saturated heterocycles. The van der Waals surface area contributed by atoms with Crippen molar-refractivity contribution in [3.8, 4) is 17.0 Å². The Morgan fingerprint density at radius 2 is 1.96 bits per heavy atom. The molecular formula is C18H21ClF2N4O. The largest absolute Gasteiger partial charge is 0.431 e. The van der Waals surface area contributed by atoms with Crippen LogP contribution < -0.4 is 10.5 Å². The van der Waals surface area contributed by atoms with Gasteiger partial charge in [0.25, 0.3) is 0 Å². The Kier molecular flexibility index (Phi) is 4.29. The molecule has 0 aliphatic heterocycles. The van der Waals surface area contributed by atoms with Crippen molar-refractivity contribution in [2.24, 2.45) is 11.8 Å². The topological polar surface area (TPSA) is 66.0 Å². The first-order chi connectivity index (χ1) is 12.3. The van der Waals surface area contributed by atoms with Gasteiger partial charge in [-0.3, -0.25) is 4.68 Å². The molecule has 0 aromatic carbocycles. The highest BCUT2D eigenvalue weighted by Gasteiger charge is 2.57. The molecule has 2 aromatic rings. The molecule has 4 atom stereocenters. The van der Waals surface area contributed by atoms with Crippen molar-refractivity contribution in [2.75, 3.05) is 5.73 Å². The minimum atomic E-state index is -2.95. The van der Waals surface area contributed by atoms with Gasteiger partial charge < -0.3 is 10.5 Å². The second-order valence-electron chi connectivity index (χ2n) is 7.40. The quantitative estimate of drug-likeness (QED) is 0.776. The van der Waals surface area contributed by atoms with Crippen LogP contribution in [0.5, 0.6) is 5.75 Å². The van der Waals surface area contributed by atoms with Crippen LogP contribution in [0.25, 0.3) is 11.3 Å². The zero-order valence-corrected chi connectivity index (χ0v) is 15.3. The summed E-state index contributed by atoms with van der Waals surface area (Å²) in [6.07, 6.45) is 3.63. The molecule has 26 heavy (non-hydrogen) atoms. The monoisotopic (exact) mass is 382 g/mol. The molecule has 0 amide bonds. The Bertz CT molecular complexity index is 814. The summed E-state index contributed by atoms with van der Waals surface area (Å²) in [6, 6.07) is 3.70. The number of nitrogen functional groups attached to an aromatic ring is 1. The van der Waals surface area contributed by atoms with E-state index in [4.69, 9.17) is 22.4 Å². The van der Waals surface area contributed by atoms with Gasteiger partial charge >= 0.3 is 6.61 Å². The van der Waals surface area contributed by atoms with Crippen molar-refractivity contribution in [2.45, 2.75) is 50.6 Å². The molecule has 140 valence electrons. The predicted octanol–water partition coefficient (Wildman–Crippen LogP) is 4.44. The maximum atomic E-state index is 12.5. The first kappa shape index (κ1) is 17.5. The highest BCUT2D eigenvalue weighted by atomic mass is 35.5. The highest BCUT2D eigenvalue weighted by molar-refractivity contribution is 6.20. The fraction of sp³-hybridized carbons (Fsp3) is 0.556. The number of nitrogens with two attached hydrogens (primary N) is 1. The maximum absolute atomic E-state index is 12.5. The Morgan fingerprint density at radius 3 is 2.58 bits per heavy atom. The summed E-state index contributed by atoms with van der Waals surface area (Å²) in [6.45, 7) is 1.21. The number of hydrogen-bond donors (Lipinski definition) is 1. The van der Waals surface area contributed by atoms with E-state index < -0.39 is 6.61 Å². The van der Waals surface area contributed by atoms with Gasteiger partial charge in [-0.2, -0.15) is 13.9 Å². The number of fused-ring (bicyclic) bond motifs is 1. The Balaban J connectivity index is 1.67. The van der Waals surface area contributed by atoms with Crippen LogP contribution in [0.2, 0.25) is 0 Å². The zero-order chi connectivity index (χ0) is 18.6. The number of ether oxygens (including phenoxy) is 1. The molecule has 2 aliphatic carbocycles. The lowest BCUT2D eigenvalue weighted by Gasteiger charge is -2.13. The van der Waals surface area contributed by atoms with Crippen LogP contribution in [0.4, 0.5) is 14.6 Å². The van der Waals surface area contributed by atoms with Crippen molar-refractivity contribution in [3.05, 3.63) is 24.0 Å². The van der Waals surface area contributed by atoms with Crippen molar-refractivity contribution in [1.82, 2.24) is 14.8 Å². The van der Waals surface area contributed by atoms with Gasteiger partial charge in [-0.25, -0.2) is 4.98 Å². The van der Waals surface area contributed by atoms with Crippen molar-refractivity contribution < 1.29 is 13.5 Å². The van der Waals surface area contributed by atoms with E-state index in [0.717, 1.165) is 12.8 Å². The molecule has 4 rings (SSSR count). The third-order valence-corrected chi connectivity index (χ3v) is 5.73. The molecule has 2 heterocycles. The molecule has 2 fully saturated rings. The number of pyridine rings is 1. The minimum Gasteiger partial charge on any atom is -0.431 e. The Morgan fingerprint density at radius 1 is 1.27 bits per heavy atom. The lowest BCUT2D eigenvalue weighted by atomic mass is 10.1. The summed E-state index contributed by atoms with van der Waals surface area (Å²) < 4.78 is 31.6. The van der Waals surface area contributed by atoms with Crippen LogP contribution in [0.1, 0.15) is 44.3 Å². The summed E-state index contributed by atoms with van der Waals surface area (Å²) in [5.74, 6) is 1.53. The van der Waals surface area contributed by atoms with Crippen LogP contribution in [0.15, 0.2) is 18.3 Å². The van der Waals surface area contributed by atoms with Gasteiger partial charge in [0.2, 0.25) is 0 Å². The average molecular weight is 383 g/mol. The van der Waals surface area contributed by atoms with Crippen LogP contribution in [0, 0.1) is 11.8 Å². The third-order valence-electron chi connectivity index (χ3n) is 5.38. The first-order valence-electron chi connectivity index (χ1n) is 8.79. The fourth-order valence-electron chi connectivity index (χ4n) is 4.21. The van der Waals surface area contributed by atoms with Gasteiger partial charge in [-0.05, 0) is 50.7 Å². The Hall–Kier alpha value is -1.89. The van der Waals surface area contributed by atoms with E-state index in [1.807, 2.05) is 10.7 Å². The van der Waals surface area contributed by atoms with E-state index in [0.29, 0.717) is 29.0 Å². The fourth-order valence-corrected chi connectivity index (χ4v) is 4.62. The molecule has 0 unspecified atom stereocenters. The molecular weight excluding hydrogens is 362 g/mol. The highest BCUT2D eigenvalue weighted by Crippen LogP contribution is 2.64. The van der Waals surface area contributed by atoms with Crippen LogP contribution in [0.3, 0.4) is 0 Å². The first-order valence-corrected chi connectivity index (χ1v) is 9.23. The van der Waals surface area contributed by atoms with Gasteiger partial charge in [-0.1, -0.05) is 0 Å². The summed E-state index contributed by atoms with van der Waals surface area (Å²) >= 11 is 6.25. The van der Waals surface area contributed by atoms with E-state index in [1.54, 1.807) is 0 Å². The van der Waals surface area contributed by atoms with E-state index in [-0.39, 0.29) is 23.0 Å². The molecule has 2 N–H and O–H groups in total. The van der Waals surface area contributed by atoms with Crippen LogP contribution in [-0.2, 0) is 0 Å². The van der Waals surface area contributed by atoms with E-state index in [2.05, 4.69) is 23.6 Å². The molecule has 2 aliphatic rings. The second kappa shape index (κ2) is 6.37. The molecule has 0 spiro atoms. The lowest BCUT2D eigenvalue weighted by molar-refractivity contribution is -0.0494. The average Bonchev–Trinajstić information content (AvgIpc) is 2.94. The number of nitrogens with zero attached hydrogens (tertiary/aromatic N) is 3. The summed E-state index contributed by atoms with van der Waals surface area (Å²) in [5, 5.41) is 4.98. The normalized spacial score (nSPS) is 27.2. The maximum Gasteiger partial charge on any atom is 0.387 e. The third kappa shape index (κ3) is 3.02. The van der Waals surface area contributed by atoms with E-state index in [9.17, 15) is 8.78 Å². The number of hydrogen-bond acceptors (Lipinski definition) is 4. The van der Waals surface area contributed by atoms with Crippen LogP contribution in [-0.4, -0.2) is 26.8 Å². The zero-order valence-electron chi connectivity index (χ0n) is 14.6. The number of alkyl halides is 3. The van der Waals surface area contributed by atoms with Gasteiger partial charge in [0.1, 0.15) is 0 Å². The molecule has 2 saturated carbocycles. The van der Waals surface area contributed by atoms with Gasteiger partial charge in [0.05, 0.1) is 5.69 Å². The smallest absolute Gasteiger partial charge is 0.387 e. The number of anilines is 1.